The van der Waals surface area contributed by atoms with Crippen LogP contribution in [0.4, 0.5) is 0 Å². The number of rotatable bonds is 3. The molecule has 0 aliphatic carbocycles. The van der Waals surface area contributed by atoms with Gasteiger partial charge in [-0.15, -0.1) is 0 Å². The van der Waals surface area contributed by atoms with E-state index in [4.69, 9.17) is 0 Å². The van der Waals surface area contributed by atoms with Crippen molar-refractivity contribution >= 4 is 15.9 Å². The second-order valence-electron chi connectivity index (χ2n) is 3.82. The number of hydrogen-bond acceptors (Lipinski definition) is 2. The molecule has 0 aromatic carbocycles. The number of halogens is 1. The maximum atomic E-state index is 3.66. The van der Waals surface area contributed by atoms with Gasteiger partial charge in [0.05, 0.1) is 0 Å². The molecular formula is C9H19BrN2. The van der Waals surface area contributed by atoms with Crippen molar-refractivity contribution in [3.05, 3.63) is 0 Å². The highest BCUT2D eigenvalue weighted by Crippen LogP contribution is 2.16. The fourth-order valence-electron chi connectivity index (χ4n) is 1.47. The normalized spacial score (nSPS) is 22.0. The van der Waals surface area contributed by atoms with Crippen LogP contribution in [0.3, 0.4) is 0 Å². The molecule has 1 rings (SSSR count). The summed E-state index contributed by atoms with van der Waals surface area (Å²) in [7, 11) is 4.27. The zero-order valence-electron chi connectivity index (χ0n) is 8.09. The quantitative estimate of drug-likeness (QED) is 0.682. The summed E-state index contributed by atoms with van der Waals surface area (Å²) in [5, 5.41) is 0. The Labute approximate surface area is 84.0 Å². The van der Waals surface area contributed by atoms with E-state index in [0.717, 1.165) is 4.83 Å². The van der Waals surface area contributed by atoms with Gasteiger partial charge in [-0.25, -0.2) is 0 Å². The maximum Gasteiger partial charge on any atom is 0.0170 e. The Bertz CT molecular complexity index is 120. The minimum absolute atomic E-state index is 0.771. The van der Waals surface area contributed by atoms with Crippen LogP contribution in [0, 0.1) is 0 Å². The number of likely N-dealkylation sites (tertiary alicyclic amines) is 1. The lowest BCUT2D eigenvalue weighted by molar-refractivity contribution is 0.211. The van der Waals surface area contributed by atoms with Crippen molar-refractivity contribution in [3.8, 4) is 0 Å². The molecule has 12 heavy (non-hydrogen) atoms. The molecule has 3 heteroatoms. The Kier molecular flexibility index (Phi) is 4.54. The second kappa shape index (κ2) is 5.20. The molecule has 0 N–H and O–H groups in total. The number of piperidine rings is 1. The number of likely N-dealkylation sites (N-methyl/N-ethyl adjacent to an activating group) is 1. The number of hydrogen-bond donors (Lipinski definition) is 0. The van der Waals surface area contributed by atoms with E-state index in [9.17, 15) is 0 Å². The van der Waals surface area contributed by atoms with Gasteiger partial charge < -0.3 is 9.80 Å². The molecule has 0 spiro atoms. The van der Waals surface area contributed by atoms with E-state index < -0.39 is 0 Å². The first kappa shape index (κ1) is 10.5. The van der Waals surface area contributed by atoms with E-state index in [0.29, 0.717) is 0 Å². The monoisotopic (exact) mass is 234 g/mol. The number of nitrogens with zero attached hydrogens (tertiary/aromatic N) is 2. The van der Waals surface area contributed by atoms with Crippen LogP contribution in [-0.2, 0) is 0 Å². The average molecular weight is 235 g/mol. The van der Waals surface area contributed by atoms with Gasteiger partial charge in [0, 0.05) is 17.9 Å². The Balaban J connectivity index is 2.09. The fraction of sp³-hybridized carbons (Fsp3) is 1.00. The van der Waals surface area contributed by atoms with Crippen molar-refractivity contribution in [1.82, 2.24) is 9.80 Å². The zero-order chi connectivity index (χ0) is 8.97. The molecule has 0 saturated carbocycles. The van der Waals surface area contributed by atoms with Crippen LogP contribution in [-0.4, -0.2) is 54.9 Å². The van der Waals surface area contributed by atoms with Gasteiger partial charge in [0.25, 0.3) is 0 Å². The summed E-state index contributed by atoms with van der Waals surface area (Å²) in [6.07, 6.45) is 2.63. The summed E-state index contributed by atoms with van der Waals surface area (Å²) < 4.78 is 0. The van der Waals surface area contributed by atoms with Gasteiger partial charge in [0.1, 0.15) is 0 Å². The predicted octanol–water partition coefficient (Wildman–Crippen LogP) is 1.41. The van der Waals surface area contributed by atoms with E-state index in [1.165, 1.54) is 39.0 Å². The van der Waals surface area contributed by atoms with Crippen LogP contribution in [0.1, 0.15) is 12.8 Å². The van der Waals surface area contributed by atoms with Crippen molar-refractivity contribution in [2.24, 2.45) is 0 Å². The average Bonchev–Trinajstić information content (AvgIpc) is 2.03. The highest BCUT2D eigenvalue weighted by atomic mass is 79.9. The SMILES string of the molecule is CN(C)CCN1CCC(Br)CC1. The van der Waals surface area contributed by atoms with Crippen molar-refractivity contribution in [2.45, 2.75) is 17.7 Å². The van der Waals surface area contributed by atoms with Crippen molar-refractivity contribution in [1.29, 1.82) is 0 Å². The Morgan fingerprint density at radius 1 is 1.33 bits per heavy atom. The van der Waals surface area contributed by atoms with Crippen molar-refractivity contribution < 1.29 is 0 Å². The molecule has 0 radical (unpaired) electrons. The molecule has 0 bridgehead atoms. The molecule has 0 amide bonds. The first-order valence-corrected chi connectivity index (χ1v) is 5.61. The Morgan fingerprint density at radius 3 is 2.42 bits per heavy atom. The molecule has 0 unspecified atom stereocenters. The minimum Gasteiger partial charge on any atom is -0.308 e. The molecule has 1 fully saturated rings. The fourth-order valence-corrected chi connectivity index (χ4v) is 1.88. The third kappa shape index (κ3) is 3.87. The van der Waals surface area contributed by atoms with Gasteiger partial charge >= 0.3 is 0 Å². The predicted molar refractivity (Wildman–Crippen MR) is 56.9 cm³/mol. The molecule has 1 saturated heterocycles. The smallest absolute Gasteiger partial charge is 0.0170 e. The van der Waals surface area contributed by atoms with E-state index in [2.05, 4.69) is 39.8 Å². The topological polar surface area (TPSA) is 6.48 Å². The van der Waals surface area contributed by atoms with Crippen LogP contribution >= 0.6 is 15.9 Å². The Hall–Kier alpha value is 0.400. The van der Waals surface area contributed by atoms with E-state index in [1.54, 1.807) is 0 Å². The van der Waals surface area contributed by atoms with Crippen LogP contribution in [0.25, 0.3) is 0 Å². The Morgan fingerprint density at radius 2 is 1.92 bits per heavy atom. The van der Waals surface area contributed by atoms with E-state index in [1.807, 2.05) is 0 Å². The first-order valence-electron chi connectivity index (χ1n) is 4.69. The highest BCUT2D eigenvalue weighted by Gasteiger charge is 2.15. The lowest BCUT2D eigenvalue weighted by atomic mass is 10.1. The third-order valence-electron chi connectivity index (χ3n) is 2.38. The first-order chi connectivity index (χ1) is 5.68. The molecule has 0 atom stereocenters. The van der Waals surface area contributed by atoms with E-state index in [-0.39, 0.29) is 0 Å². The molecule has 1 aliphatic rings. The van der Waals surface area contributed by atoms with Crippen LogP contribution in [0.2, 0.25) is 0 Å². The highest BCUT2D eigenvalue weighted by molar-refractivity contribution is 9.09. The van der Waals surface area contributed by atoms with Gasteiger partial charge in [0.2, 0.25) is 0 Å². The summed E-state index contributed by atoms with van der Waals surface area (Å²) in [6.45, 7) is 4.95. The molecule has 2 nitrogen and oxygen atoms in total. The molecule has 1 heterocycles. The molecule has 0 aromatic heterocycles. The van der Waals surface area contributed by atoms with E-state index >= 15 is 0 Å². The third-order valence-corrected chi connectivity index (χ3v) is 3.30. The largest absolute Gasteiger partial charge is 0.308 e. The van der Waals surface area contributed by atoms with Gasteiger partial charge in [-0.05, 0) is 40.0 Å². The zero-order valence-corrected chi connectivity index (χ0v) is 9.68. The molecular weight excluding hydrogens is 216 g/mol. The number of alkyl halides is 1. The summed E-state index contributed by atoms with van der Waals surface area (Å²) in [5.41, 5.74) is 0. The molecule has 0 aromatic rings. The summed E-state index contributed by atoms with van der Waals surface area (Å²) in [4.78, 5) is 5.57. The lowest BCUT2D eigenvalue weighted by Crippen LogP contribution is -2.38. The van der Waals surface area contributed by atoms with Gasteiger partial charge in [-0.2, -0.15) is 0 Å². The van der Waals surface area contributed by atoms with Crippen LogP contribution in [0.5, 0.6) is 0 Å². The maximum absolute atomic E-state index is 3.66. The minimum atomic E-state index is 0.771. The molecule has 1 aliphatic heterocycles. The van der Waals surface area contributed by atoms with Gasteiger partial charge in [-0.3, -0.25) is 0 Å². The lowest BCUT2D eigenvalue weighted by Gasteiger charge is -2.30. The molecule has 72 valence electrons. The standard InChI is InChI=1S/C9H19BrN2/c1-11(2)7-8-12-5-3-9(10)4-6-12/h9H,3-8H2,1-2H3. The van der Waals surface area contributed by atoms with Gasteiger partial charge in [-0.1, -0.05) is 15.9 Å². The van der Waals surface area contributed by atoms with Crippen molar-refractivity contribution in [2.75, 3.05) is 40.3 Å². The summed E-state index contributed by atoms with van der Waals surface area (Å²) in [5.74, 6) is 0. The summed E-state index contributed by atoms with van der Waals surface area (Å²) >= 11 is 3.66. The van der Waals surface area contributed by atoms with Crippen LogP contribution < -0.4 is 0 Å². The summed E-state index contributed by atoms with van der Waals surface area (Å²) in [6, 6.07) is 0. The van der Waals surface area contributed by atoms with Gasteiger partial charge in [0.15, 0.2) is 0 Å². The van der Waals surface area contributed by atoms with Crippen LogP contribution in [0.15, 0.2) is 0 Å². The second-order valence-corrected chi connectivity index (χ2v) is 5.11. The van der Waals surface area contributed by atoms with Crippen molar-refractivity contribution in [3.63, 3.8) is 0 Å².